The SMILES string of the molecule is O=C(O)[C@@H]1Nc2ccc(Cl)cc2[C@H]2C=CC[C@@H]21. The van der Waals surface area contributed by atoms with Crippen LogP contribution in [0.2, 0.25) is 5.02 Å². The van der Waals surface area contributed by atoms with Gasteiger partial charge in [-0.25, -0.2) is 4.79 Å². The Balaban J connectivity index is 2.09. The molecule has 2 N–H and O–H groups in total. The average molecular weight is 250 g/mol. The molecule has 3 rings (SSSR count). The summed E-state index contributed by atoms with van der Waals surface area (Å²) in [6.07, 6.45) is 4.96. The van der Waals surface area contributed by atoms with Crippen molar-refractivity contribution in [3.05, 3.63) is 40.9 Å². The van der Waals surface area contributed by atoms with Gasteiger partial charge >= 0.3 is 5.97 Å². The number of carboxylic acid groups (broad SMARTS) is 1. The molecule has 1 aliphatic heterocycles. The highest BCUT2D eigenvalue weighted by molar-refractivity contribution is 6.30. The van der Waals surface area contributed by atoms with Crippen LogP contribution in [0.4, 0.5) is 5.69 Å². The van der Waals surface area contributed by atoms with Gasteiger partial charge in [-0.15, -0.1) is 0 Å². The molecule has 0 radical (unpaired) electrons. The van der Waals surface area contributed by atoms with E-state index in [-0.39, 0.29) is 11.8 Å². The van der Waals surface area contributed by atoms with Gasteiger partial charge < -0.3 is 10.4 Å². The molecule has 17 heavy (non-hydrogen) atoms. The molecule has 3 atom stereocenters. The number of aliphatic carboxylic acids is 1. The number of rotatable bonds is 1. The number of hydrogen-bond acceptors (Lipinski definition) is 2. The fourth-order valence-electron chi connectivity index (χ4n) is 2.81. The minimum atomic E-state index is -0.788. The van der Waals surface area contributed by atoms with Crippen LogP contribution in [0.25, 0.3) is 0 Å². The molecule has 0 unspecified atom stereocenters. The lowest BCUT2D eigenvalue weighted by atomic mass is 9.79. The monoisotopic (exact) mass is 249 g/mol. The van der Waals surface area contributed by atoms with Crippen LogP contribution in [0.5, 0.6) is 0 Å². The summed E-state index contributed by atoms with van der Waals surface area (Å²) >= 11 is 6.00. The van der Waals surface area contributed by atoms with Gasteiger partial charge in [-0.2, -0.15) is 0 Å². The first kappa shape index (κ1) is 10.7. The van der Waals surface area contributed by atoms with Crippen molar-refractivity contribution in [2.24, 2.45) is 5.92 Å². The Morgan fingerprint density at radius 1 is 1.47 bits per heavy atom. The number of carboxylic acids is 1. The quantitative estimate of drug-likeness (QED) is 0.753. The summed E-state index contributed by atoms with van der Waals surface area (Å²) < 4.78 is 0. The fraction of sp³-hybridized carbons (Fsp3) is 0.308. The predicted octanol–water partition coefficient (Wildman–Crippen LogP) is 2.88. The van der Waals surface area contributed by atoms with Gasteiger partial charge in [0.25, 0.3) is 0 Å². The highest BCUT2D eigenvalue weighted by Gasteiger charge is 2.40. The number of carbonyl (C=O) groups is 1. The number of hydrogen-bond donors (Lipinski definition) is 2. The molecule has 0 saturated carbocycles. The lowest BCUT2D eigenvalue weighted by Gasteiger charge is -2.34. The van der Waals surface area contributed by atoms with Crippen LogP contribution in [-0.2, 0) is 4.79 Å². The fourth-order valence-corrected chi connectivity index (χ4v) is 2.99. The zero-order valence-corrected chi connectivity index (χ0v) is 9.82. The maximum Gasteiger partial charge on any atom is 0.326 e. The third-order valence-corrected chi connectivity index (χ3v) is 3.83. The second-order valence-corrected chi connectivity index (χ2v) is 4.98. The van der Waals surface area contributed by atoms with Gasteiger partial charge in [0.1, 0.15) is 6.04 Å². The Hall–Kier alpha value is -1.48. The van der Waals surface area contributed by atoms with Crippen molar-refractivity contribution in [3.63, 3.8) is 0 Å². The number of halogens is 1. The van der Waals surface area contributed by atoms with Crippen molar-refractivity contribution in [3.8, 4) is 0 Å². The lowest BCUT2D eigenvalue weighted by molar-refractivity contribution is -0.139. The van der Waals surface area contributed by atoms with Gasteiger partial charge in [0, 0.05) is 22.5 Å². The number of fused-ring (bicyclic) bond motifs is 3. The summed E-state index contributed by atoms with van der Waals surface area (Å²) in [7, 11) is 0. The van der Waals surface area contributed by atoms with Crippen molar-refractivity contribution >= 4 is 23.3 Å². The van der Waals surface area contributed by atoms with Gasteiger partial charge in [-0.3, -0.25) is 0 Å². The number of benzene rings is 1. The number of nitrogens with one attached hydrogen (secondary N) is 1. The van der Waals surface area contributed by atoms with Gasteiger partial charge in [-0.1, -0.05) is 23.8 Å². The molecule has 0 aromatic heterocycles. The highest BCUT2D eigenvalue weighted by atomic mass is 35.5. The summed E-state index contributed by atoms with van der Waals surface area (Å²) in [5.74, 6) is -0.520. The van der Waals surface area contributed by atoms with Gasteiger partial charge in [-0.05, 0) is 30.2 Å². The first-order valence-electron chi connectivity index (χ1n) is 5.62. The van der Waals surface area contributed by atoms with E-state index in [9.17, 15) is 9.90 Å². The van der Waals surface area contributed by atoms with E-state index >= 15 is 0 Å². The van der Waals surface area contributed by atoms with E-state index in [1.54, 1.807) is 6.07 Å². The van der Waals surface area contributed by atoms with Crippen molar-refractivity contribution < 1.29 is 9.90 Å². The van der Waals surface area contributed by atoms with E-state index in [0.29, 0.717) is 5.02 Å². The number of allylic oxidation sites excluding steroid dienone is 2. The second-order valence-electron chi connectivity index (χ2n) is 4.55. The Bertz CT molecular complexity index is 512. The number of anilines is 1. The molecule has 0 bridgehead atoms. The van der Waals surface area contributed by atoms with E-state index in [2.05, 4.69) is 17.5 Å². The molecule has 1 aliphatic carbocycles. The van der Waals surface area contributed by atoms with Crippen molar-refractivity contribution in [2.75, 3.05) is 5.32 Å². The topological polar surface area (TPSA) is 49.3 Å². The van der Waals surface area contributed by atoms with Crippen LogP contribution >= 0.6 is 11.6 Å². The maximum atomic E-state index is 11.3. The van der Waals surface area contributed by atoms with Crippen molar-refractivity contribution in [1.29, 1.82) is 0 Å². The van der Waals surface area contributed by atoms with Crippen molar-refractivity contribution in [2.45, 2.75) is 18.4 Å². The first-order valence-corrected chi connectivity index (χ1v) is 6.00. The van der Waals surface area contributed by atoms with Gasteiger partial charge in [0.05, 0.1) is 0 Å². The normalized spacial score (nSPS) is 29.4. The van der Waals surface area contributed by atoms with Crippen LogP contribution in [0.1, 0.15) is 17.9 Å². The van der Waals surface area contributed by atoms with Crippen LogP contribution in [-0.4, -0.2) is 17.1 Å². The highest BCUT2D eigenvalue weighted by Crippen LogP contribution is 2.45. The molecule has 1 aromatic rings. The third-order valence-electron chi connectivity index (χ3n) is 3.59. The summed E-state index contributed by atoms with van der Waals surface area (Å²) in [6.45, 7) is 0. The van der Waals surface area contributed by atoms with Crippen LogP contribution in [0.3, 0.4) is 0 Å². The molecule has 0 spiro atoms. The Labute approximate surface area is 104 Å². The van der Waals surface area contributed by atoms with E-state index in [1.165, 1.54) is 0 Å². The molecule has 1 aromatic carbocycles. The minimum absolute atomic E-state index is 0.0958. The Morgan fingerprint density at radius 2 is 2.29 bits per heavy atom. The summed E-state index contributed by atoms with van der Waals surface area (Å²) in [5.41, 5.74) is 1.99. The summed E-state index contributed by atoms with van der Waals surface area (Å²) in [4.78, 5) is 11.3. The van der Waals surface area contributed by atoms with E-state index in [0.717, 1.165) is 17.7 Å². The molecule has 0 saturated heterocycles. The Kier molecular flexibility index (Phi) is 2.37. The van der Waals surface area contributed by atoms with Crippen LogP contribution in [0, 0.1) is 5.92 Å². The van der Waals surface area contributed by atoms with E-state index < -0.39 is 12.0 Å². The first-order chi connectivity index (χ1) is 8.16. The molecular weight excluding hydrogens is 238 g/mol. The smallest absolute Gasteiger partial charge is 0.326 e. The van der Waals surface area contributed by atoms with Gasteiger partial charge in [0.2, 0.25) is 0 Å². The van der Waals surface area contributed by atoms with Crippen LogP contribution in [0.15, 0.2) is 30.4 Å². The largest absolute Gasteiger partial charge is 0.480 e. The molecular formula is C13H12ClNO2. The summed E-state index contributed by atoms with van der Waals surface area (Å²) in [5, 5.41) is 13.0. The van der Waals surface area contributed by atoms with Crippen molar-refractivity contribution in [1.82, 2.24) is 0 Å². The van der Waals surface area contributed by atoms with Crippen LogP contribution < -0.4 is 5.32 Å². The lowest BCUT2D eigenvalue weighted by Crippen LogP contribution is -2.41. The average Bonchev–Trinajstić information content (AvgIpc) is 2.76. The molecule has 2 aliphatic rings. The van der Waals surface area contributed by atoms with E-state index in [1.807, 2.05) is 12.1 Å². The van der Waals surface area contributed by atoms with Gasteiger partial charge in [0.15, 0.2) is 0 Å². The zero-order chi connectivity index (χ0) is 12.0. The molecule has 3 nitrogen and oxygen atoms in total. The zero-order valence-electron chi connectivity index (χ0n) is 9.06. The summed E-state index contributed by atoms with van der Waals surface area (Å²) in [6, 6.07) is 5.06. The third kappa shape index (κ3) is 1.62. The maximum absolute atomic E-state index is 11.3. The van der Waals surface area contributed by atoms with E-state index in [4.69, 9.17) is 11.6 Å². The molecule has 88 valence electrons. The second kappa shape index (κ2) is 3.77. The minimum Gasteiger partial charge on any atom is -0.480 e. The molecule has 0 fully saturated rings. The molecule has 0 amide bonds. The predicted molar refractivity (Wildman–Crippen MR) is 66.5 cm³/mol. The Morgan fingerprint density at radius 3 is 3.06 bits per heavy atom. The molecule has 4 heteroatoms. The standard InChI is InChI=1S/C13H12ClNO2/c14-7-4-5-11-10(6-7)8-2-1-3-9(8)12(15-11)13(16)17/h1-2,4-6,8-9,12,15H,3H2,(H,16,17)/t8-,9-,12+/m0/s1. The molecule has 1 heterocycles.